The van der Waals surface area contributed by atoms with Gasteiger partial charge in [0.05, 0.1) is 27.2 Å². The Kier molecular flexibility index (Phi) is 2.90. The molecular weight excluding hydrogens is 216 g/mol. The van der Waals surface area contributed by atoms with E-state index in [2.05, 4.69) is 9.97 Å². The van der Waals surface area contributed by atoms with Crippen LogP contribution in [0.3, 0.4) is 0 Å². The first-order chi connectivity index (χ1) is 6.77. The van der Waals surface area contributed by atoms with Gasteiger partial charge in [0.1, 0.15) is 0 Å². The van der Waals surface area contributed by atoms with Crippen LogP contribution in [0.5, 0.6) is 0 Å². The zero-order valence-corrected chi connectivity index (χ0v) is 9.31. The summed E-state index contributed by atoms with van der Waals surface area (Å²) < 4.78 is 0. The summed E-state index contributed by atoms with van der Waals surface area (Å²) in [6, 6.07) is 0. The van der Waals surface area contributed by atoms with Crippen molar-refractivity contribution >= 4 is 22.7 Å². The van der Waals surface area contributed by atoms with Crippen LogP contribution >= 0.6 is 22.7 Å². The number of aromatic nitrogens is 2. The quantitative estimate of drug-likeness (QED) is 0.872. The Balaban J connectivity index is 2.10. The van der Waals surface area contributed by atoms with Gasteiger partial charge in [-0.05, 0) is 6.92 Å². The summed E-state index contributed by atoms with van der Waals surface area (Å²) in [5.74, 6) is 0. The third kappa shape index (κ3) is 2.00. The zero-order valence-electron chi connectivity index (χ0n) is 7.67. The Morgan fingerprint density at radius 1 is 1.43 bits per heavy atom. The van der Waals surface area contributed by atoms with Gasteiger partial charge >= 0.3 is 0 Å². The summed E-state index contributed by atoms with van der Waals surface area (Å²) in [4.78, 5) is 9.19. The lowest BCUT2D eigenvalue weighted by Crippen LogP contribution is -2.00. The van der Waals surface area contributed by atoms with Crippen molar-refractivity contribution < 1.29 is 5.11 Å². The van der Waals surface area contributed by atoms with E-state index >= 15 is 0 Å². The molecule has 0 aliphatic carbocycles. The predicted molar refractivity (Wildman–Crippen MR) is 57.6 cm³/mol. The lowest BCUT2D eigenvalue weighted by Gasteiger charge is -2.06. The molecule has 3 nitrogen and oxygen atoms in total. The van der Waals surface area contributed by atoms with E-state index in [-0.39, 0.29) is 0 Å². The molecule has 1 N–H and O–H groups in total. The van der Waals surface area contributed by atoms with E-state index in [0.717, 1.165) is 15.6 Å². The van der Waals surface area contributed by atoms with Crippen LogP contribution in [0.15, 0.2) is 17.1 Å². The van der Waals surface area contributed by atoms with Gasteiger partial charge in [0.2, 0.25) is 0 Å². The molecule has 2 heterocycles. The fraction of sp³-hybridized carbons (Fsp3) is 0.333. The molecule has 0 amide bonds. The molecule has 0 aromatic carbocycles. The number of aliphatic hydroxyl groups is 1. The van der Waals surface area contributed by atoms with Crippen molar-refractivity contribution in [3.63, 3.8) is 0 Å². The van der Waals surface area contributed by atoms with E-state index in [4.69, 9.17) is 0 Å². The predicted octanol–water partition coefficient (Wildman–Crippen LogP) is 2.18. The molecule has 0 bridgehead atoms. The Hall–Kier alpha value is -0.780. The van der Waals surface area contributed by atoms with Crippen LogP contribution in [-0.4, -0.2) is 15.1 Å². The summed E-state index contributed by atoms with van der Waals surface area (Å²) in [5, 5.41) is 12.8. The fourth-order valence-corrected chi connectivity index (χ4v) is 2.69. The van der Waals surface area contributed by atoms with Crippen LogP contribution in [0.25, 0.3) is 0 Å². The minimum atomic E-state index is -0.464. The zero-order chi connectivity index (χ0) is 9.97. The molecule has 2 aromatic heterocycles. The number of hydrogen-bond acceptors (Lipinski definition) is 5. The highest BCUT2D eigenvalue weighted by atomic mass is 32.1. The maximum absolute atomic E-state index is 9.90. The molecule has 0 saturated carbocycles. The molecule has 1 atom stereocenters. The first-order valence-electron chi connectivity index (χ1n) is 4.24. The maximum atomic E-state index is 9.90. The van der Waals surface area contributed by atoms with Gasteiger partial charge in [0.15, 0.2) is 0 Å². The SMILES string of the molecule is Cc1ncsc1C(O)Cc1nccs1. The Morgan fingerprint density at radius 2 is 2.29 bits per heavy atom. The van der Waals surface area contributed by atoms with Gasteiger partial charge in [-0.3, -0.25) is 0 Å². The van der Waals surface area contributed by atoms with Crippen LogP contribution < -0.4 is 0 Å². The second-order valence-corrected chi connectivity index (χ2v) is 4.81. The average molecular weight is 226 g/mol. The molecule has 0 radical (unpaired) electrons. The molecule has 2 rings (SSSR count). The molecular formula is C9H10N2OS2. The van der Waals surface area contributed by atoms with E-state index in [0.29, 0.717) is 6.42 Å². The van der Waals surface area contributed by atoms with Crippen molar-refractivity contribution in [1.29, 1.82) is 0 Å². The van der Waals surface area contributed by atoms with Gasteiger partial charge in [0.25, 0.3) is 0 Å². The lowest BCUT2D eigenvalue weighted by molar-refractivity contribution is 0.181. The van der Waals surface area contributed by atoms with Crippen LogP contribution in [0.4, 0.5) is 0 Å². The summed E-state index contributed by atoms with van der Waals surface area (Å²) in [6.07, 6.45) is 1.88. The van der Waals surface area contributed by atoms with Gasteiger partial charge in [-0.25, -0.2) is 9.97 Å². The number of aliphatic hydroxyl groups excluding tert-OH is 1. The van der Waals surface area contributed by atoms with Crippen molar-refractivity contribution in [2.75, 3.05) is 0 Å². The van der Waals surface area contributed by atoms with Crippen LogP contribution in [0.1, 0.15) is 21.7 Å². The van der Waals surface area contributed by atoms with Crippen LogP contribution in [0.2, 0.25) is 0 Å². The van der Waals surface area contributed by atoms with E-state index in [1.165, 1.54) is 11.3 Å². The second-order valence-electron chi connectivity index (χ2n) is 2.95. The number of rotatable bonds is 3. The Labute approximate surface area is 90.1 Å². The third-order valence-corrected chi connectivity index (χ3v) is 3.77. The van der Waals surface area contributed by atoms with Gasteiger partial charge in [0, 0.05) is 18.0 Å². The van der Waals surface area contributed by atoms with E-state index < -0.39 is 6.10 Å². The van der Waals surface area contributed by atoms with Crippen molar-refractivity contribution in [2.45, 2.75) is 19.4 Å². The molecule has 0 saturated heterocycles. The maximum Gasteiger partial charge on any atom is 0.0964 e. The number of aryl methyl sites for hydroxylation is 1. The molecule has 14 heavy (non-hydrogen) atoms. The highest BCUT2D eigenvalue weighted by molar-refractivity contribution is 7.10. The van der Waals surface area contributed by atoms with Crippen LogP contribution in [0, 0.1) is 6.92 Å². The average Bonchev–Trinajstić information content (AvgIpc) is 2.75. The van der Waals surface area contributed by atoms with Gasteiger partial charge < -0.3 is 5.11 Å². The van der Waals surface area contributed by atoms with Crippen molar-refractivity contribution in [3.05, 3.63) is 32.7 Å². The molecule has 0 aliphatic heterocycles. The number of hydrogen-bond donors (Lipinski definition) is 1. The van der Waals surface area contributed by atoms with Crippen molar-refractivity contribution in [1.82, 2.24) is 9.97 Å². The topological polar surface area (TPSA) is 46.0 Å². The molecule has 0 spiro atoms. The Morgan fingerprint density at radius 3 is 2.86 bits per heavy atom. The fourth-order valence-electron chi connectivity index (χ4n) is 1.24. The van der Waals surface area contributed by atoms with Crippen molar-refractivity contribution in [2.24, 2.45) is 0 Å². The van der Waals surface area contributed by atoms with Crippen molar-refractivity contribution in [3.8, 4) is 0 Å². The highest BCUT2D eigenvalue weighted by Crippen LogP contribution is 2.25. The first kappa shape index (κ1) is 9.76. The first-order valence-corrected chi connectivity index (χ1v) is 5.99. The summed E-state index contributed by atoms with van der Waals surface area (Å²) in [7, 11) is 0. The summed E-state index contributed by atoms with van der Waals surface area (Å²) in [6.45, 7) is 1.91. The van der Waals surface area contributed by atoms with E-state index in [1.807, 2.05) is 12.3 Å². The minimum Gasteiger partial charge on any atom is -0.387 e. The third-order valence-electron chi connectivity index (χ3n) is 1.94. The van der Waals surface area contributed by atoms with Gasteiger partial charge in [-0.15, -0.1) is 22.7 Å². The summed E-state index contributed by atoms with van der Waals surface area (Å²) in [5.41, 5.74) is 2.68. The number of nitrogens with zero attached hydrogens (tertiary/aromatic N) is 2. The molecule has 0 aliphatic rings. The monoisotopic (exact) mass is 226 g/mol. The smallest absolute Gasteiger partial charge is 0.0964 e. The van der Waals surface area contributed by atoms with E-state index in [9.17, 15) is 5.11 Å². The summed E-state index contributed by atoms with van der Waals surface area (Å²) >= 11 is 3.06. The van der Waals surface area contributed by atoms with E-state index in [1.54, 1.807) is 23.0 Å². The number of thiazole rings is 2. The van der Waals surface area contributed by atoms with Crippen LogP contribution in [-0.2, 0) is 6.42 Å². The Bertz CT molecular complexity index is 397. The highest BCUT2D eigenvalue weighted by Gasteiger charge is 2.14. The van der Waals surface area contributed by atoms with Gasteiger partial charge in [-0.2, -0.15) is 0 Å². The standard InChI is InChI=1S/C9H10N2OS2/c1-6-9(14-5-11-6)7(12)4-8-10-2-3-13-8/h2-3,5,7,12H,4H2,1H3. The largest absolute Gasteiger partial charge is 0.387 e. The molecule has 2 aromatic rings. The van der Waals surface area contributed by atoms with Gasteiger partial charge in [-0.1, -0.05) is 0 Å². The molecule has 1 unspecified atom stereocenters. The molecule has 5 heteroatoms. The molecule has 0 fully saturated rings. The molecule has 74 valence electrons. The lowest BCUT2D eigenvalue weighted by atomic mass is 10.2. The normalized spacial score (nSPS) is 13.0. The second kappa shape index (κ2) is 4.16. The minimum absolute atomic E-state index is 0.464.